The van der Waals surface area contributed by atoms with E-state index in [2.05, 4.69) is 4.74 Å². The summed E-state index contributed by atoms with van der Waals surface area (Å²) >= 11 is 0. The lowest BCUT2D eigenvalue weighted by atomic mass is 10.2. The number of benzene rings is 1. The van der Waals surface area contributed by atoms with Crippen LogP contribution in [0.4, 0.5) is 0 Å². The van der Waals surface area contributed by atoms with Gasteiger partial charge in [-0.25, -0.2) is 4.31 Å². The van der Waals surface area contributed by atoms with Gasteiger partial charge in [0.1, 0.15) is 19.2 Å². The Kier molecular flexibility index (Phi) is 5.52. The van der Waals surface area contributed by atoms with Crippen LogP contribution in [-0.4, -0.2) is 50.3 Å². The Hall–Kier alpha value is -2.46. The molecule has 9 nitrogen and oxygen atoms in total. The van der Waals surface area contributed by atoms with Crippen molar-refractivity contribution < 1.29 is 32.3 Å². The van der Waals surface area contributed by atoms with Gasteiger partial charge in [-0.05, 0) is 5.56 Å². The predicted molar refractivity (Wildman–Crippen MR) is 80.4 cm³/mol. The second-order valence-electron chi connectivity index (χ2n) is 4.95. The number of ether oxygens (including phenoxy) is 2. The first kappa shape index (κ1) is 17.9. The number of esters is 2. The minimum Gasteiger partial charge on any atom is -0.468 e. The molecule has 1 amide bonds. The zero-order valence-corrected chi connectivity index (χ0v) is 13.6. The summed E-state index contributed by atoms with van der Waals surface area (Å²) in [5.74, 6) is -2.53. The minimum atomic E-state index is -4.18. The van der Waals surface area contributed by atoms with Gasteiger partial charge in [0.25, 0.3) is 5.91 Å². The molecule has 1 fully saturated rings. The van der Waals surface area contributed by atoms with Crippen LogP contribution in [-0.2, 0) is 40.7 Å². The highest BCUT2D eigenvalue weighted by Gasteiger charge is 2.45. The second-order valence-corrected chi connectivity index (χ2v) is 6.57. The van der Waals surface area contributed by atoms with Crippen LogP contribution in [0.25, 0.3) is 0 Å². The minimum absolute atomic E-state index is 0.0131. The van der Waals surface area contributed by atoms with Crippen molar-refractivity contribution in [3.05, 3.63) is 35.9 Å². The van der Waals surface area contributed by atoms with E-state index in [1.807, 2.05) is 10.8 Å². The molecule has 10 heteroatoms. The van der Waals surface area contributed by atoms with Gasteiger partial charge in [-0.2, -0.15) is 13.1 Å². The number of hydrogen-bond acceptors (Lipinski definition) is 7. The van der Waals surface area contributed by atoms with E-state index < -0.39 is 47.1 Å². The number of amides is 1. The monoisotopic (exact) mass is 356 g/mol. The molecule has 1 heterocycles. The highest BCUT2D eigenvalue weighted by atomic mass is 32.2. The Morgan fingerprint density at radius 1 is 1.21 bits per heavy atom. The van der Waals surface area contributed by atoms with Crippen LogP contribution >= 0.6 is 0 Å². The van der Waals surface area contributed by atoms with Gasteiger partial charge in [0.15, 0.2) is 0 Å². The number of nitrogens with zero attached hydrogens (tertiary/aromatic N) is 1. The van der Waals surface area contributed by atoms with Crippen molar-refractivity contribution in [2.75, 3.05) is 13.7 Å². The summed E-state index contributed by atoms with van der Waals surface area (Å²) in [5.41, 5.74) is 0.761. The first-order valence-corrected chi connectivity index (χ1v) is 8.37. The number of hydrogen-bond donors (Lipinski definition) is 1. The lowest BCUT2D eigenvalue weighted by Gasteiger charge is -2.11. The molecule has 1 atom stereocenters. The standard InChI is InChI=1S/C14H16N2O7S/c1-22-13(18)8-16-14(19)11(15-24(16,20)21)7-12(17)23-9-10-5-3-2-4-6-10/h2-6,11,15H,7-9H2,1H3/t11-/m0/s1. The predicted octanol–water partition coefficient (Wildman–Crippen LogP) is -0.662. The first-order valence-electron chi connectivity index (χ1n) is 6.93. The molecule has 1 aromatic carbocycles. The van der Waals surface area contributed by atoms with Crippen LogP contribution in [0.1, 0.15) is 12.0 Å². The number of methoxy groups -OCH3 is 1. The molecule has 130 valence electrons. The van der Waals surface area contributed by atoms with Crippen molar-refractivity contribution in [3.63, 3.8) is 0 Å². The molecular weight excluding hydrogens is 340 g/mol. The molecule has 0 bridgehead atoms. The Labute approximate surface area is 138 Å². The summed E-state index contributed by atoms with van der Waals surface area (Å²) in [6.45, 7) is -0.737. The van der Waals surface area contributed by atoms with Crippen LogP contribution in [0.2, 0.25) is 0 Å². The van der Waals surface area contributed by atoms with Crippen LogP contribution in [0.3, 0.4) is 0 Å². The molecule has 0 saturated carbocycles. The smallest absolute Gasteiger partial charge is 0.326 e. The third-order valence-electron chi connectivity index (χ3n) is 3.24. The second kappa shape index (κ2) is 7.41. The van der Waals surface area contributed by atoms with Crippen LogP contribution in [0, 0.1) is 0 Å². The van der Waals surface area contributed by atoms with Crippen molar-refractivity contribution in [1.82, 2.24) is 9.03 Å². The maximum Gasteiger partial charge on any atom is 0.326 e. The van der Waals surface area contributed by atoms with E-state index >= 15 is 0 Å². The maximum absolute atomic E-state index is 12.1. The van der Waals surface area contributed by atoms with Gasteiger partial charge in [0.05, 0.1) is 13.5 Å². The van der Waals surface area contributed by atoms with Crippen molar-refractivity contribution in [2.45, 2.75) is 19.1 Å². The van der Waals surface area contributed by atoms with Crippen LogP contribution < -0.4 is 4.72 Å². The summed E-state index contributed by atoms with van der Waals surface area (Å²) in [4.78, 5) is 35.0. The average Bonchev–Trinajstić information content (AvgIpc) is 2.76. The van der Waals surface area contributed by atoms with Crippen LogP contribution in [0.15, 0.2) is 30.3 Å². The quantitative estimate of drug-likeness (QED) is 0.672. The third-order valence-corrected chi connectivity index (χ3v) is 4.71. The zero-order valence-electron chi connectivity index (χ0n) is 12.8. The molecule has 1 aromatic rings. The molecule has 2 rings (SSSR count). The molecule has 0 unspecified atom stereocenters. The Morgan fingerprint density at radius 2 is 1.88 bits per heavy atom. The molecule has 1 N–H and O–H groups in total. The molecule has 1 aliphatic heterocycles. The van der Waals surface area contributed by atoms with E-state index in [-0.39, 0.29) is 6.61 Å². The Morgan fingerprint density at radius 3 is 2.50 bits per heavy atom. The van der Waals surface area contributed by atoms with Crippen molar-refractivity contribution in [2.24, 2.45) is 0 Å². The molecule has 0 aromatic heterocycles. The Balaban J connectivity index is 1.94. The van der Waals surface area contributed by atoms with Crippen molar-refractivity contribution >= 4 is 28.1 Å². The van der Waals surface area contributed by atoms with Gasteiger partial charge in [-0.1, -0.05) is 30.3 Å². The van der Waals surface area contributed by atoms with Gasteiger partial charge in [0.2, 0.25) is 0 Å². The summed E-state index contributed by atoms with van der Waals surface area (Å²) in [6.07, 6.45) is -0.470. The zero-order chi connectivity index (χ0) is 17.7. The SMILES string of the molecule is COC(=O)CN1C(=O)[C@H](CC(=O)OCc2ccccc2)NS1(=O)=O. The summed E-state index contributed by atoms with van der Waals surface area (Å²) in [7, 11) is -3.11. The lowest BCUT2D eigenvalue weighted by molar-refractivity contribution is -0.147. The fourth-order valence-corrected chi connectivity index (χ4v) is 3.33. The molecular formula is C14H16N2O7S. The Bertz CT molecular complexity index is 733. The molecule has 0 radical (unpaired) electrons. The summed E-state index contributed by atoms with van der Waals surface area (Å²) in [5, 5.41) is 0. The first-order chi connectivity index (χ1) is 11.3. The lowest BCUT2D eigenvalue weighted by Crippen LogP contribution is -2.37. The maximum atomic E-state index is 12.1. The normalized spacial score (nSPS) is 19.1. The molecule has 1 aliphatic rings. The van der Waals surface area contributed by atoms with Gasteiger partial charge >= 0.3 is 22.1 Å². The topological polar surface area (TPSA) is 119 Å². The number of rotatable bonds is 6. The van der Waals surface area contributed by atoms with Gasteiger partial charge < -0.3 is 9.47 Å². The van der Waals surface area contributed by atoms with E-state index in [0.717, 1.165) is 12.7 Å². The molecule has 0 spiro atoms. The number of carbonyl (C=O) groups is 3. The largest absolute Gasteiger partial charge is 0.468 e. The van der Waals surface area contributed by atoms with E-state index in [4.69, 9.17) is 4.74 Å². The number of carbonyl (C=O) groups excluding carboxylic acids is 3. The van der Waals surface area contributed by atoms with Crippen molar-refractivity contribution in [1.29, 1.82) is 0 Å². The molecule has 1 saturated heterocycles. The average molecular weight is 356 g/mol. The third kappa shape index (κ3) is 4.30. The fraction of sp³-hybridized carbons (Fsp3) is 0.357. The fourth-order valence-electron chi connectivity index (χ4n) is 2.02. The van der Waals surface area contributed by atoms with Crippen LogP contribution in [0.5, 0.6) is 0 Å². The van der Waals surface area contributed by atoms with E-state index in [0.29, 0.717) is 4.31 Å². The molecule has 0 aliphatic carbocycles. The van der Waals surface area contributed by atoms with Gasteiger partial charge in [0, 0.05) is 0 Å². The highest BCUT2D eigenvalue weighted by molar-refractivity contribution is 7.88. The van der Waals surface area contributed by atoms with E-state index in [1.165, 1.54) is 0 Å². The van der Waals surface area contributed by atoms with E-state index in [1.54, 1.807) is 24.3 Å². The summed E-state index contributed by atoms with van der Waals surface area (Å²) < 4.78 is 35.4. The molecule has 24 heavy (non-hydrogen) atoms. The number of nitrogens with one attached hydrogen (secondary N) is 1. The van der Waals surface area contributed by atoms with Crippen molar-refractivity contribution in [3.8, 4) is 0 Å². The van der Waals surface area contributed by atoms with E-state index in [9.17, 15) is 22.8 Å². The van der Waals surface area contributed by atoms with Gasteiger partial charge in [-0.15, -0.1) is 0 Å². The summed E-state index contributed by atoms with van der Waals surface area (Å²) in [6, 6.07) is 7.59. The highest BCUT2D eigenvalue weighted by Crippen LogP contribution is 2.15. The van der Waals surface area contributed by atoms with Gasteiger partial charge in [-0.3, -0.25) is 14.4 Å².